The molecule has 0 amide bonds. The van der Waals surface area contributed by atoms with Crippen molar-refractivity contribution in [1.82, 2.24) is 4.98 Å². The average Bonchev–Trinajstić information content (AvgIpc) is 2.79. The Bertz CT molecular complexity index is 528. The van der Waals surface area contributed by atoms with Crippen LogP contribution in [0.2, 0.25) is 0 Å². The molecule has 0 bridgehead atoms. The lowest BCUT2D eigenvalue weighted by molar-refractivity contribution is 0.0989. The summed E-state index contributed by atoms with van der Waals surface area (Å²) in [6, 6.07) is 5.81. The molecule has 0 atom stereocenters. The molecule has 0 fully saturated rings. The number of Topliss-reactive ketones (excluding diaryl/α,β-unsaturated/α-hetero) is 1. The number of rotatable bonds is 5. The van der Waals surface area contributed by atoms with Crippen LogP contribution in [0, 0.1) is 0 Å². The SMILES string of the molecule is CCCOc1cccc2[nH]cc(C(=O)CC)c12. The highest BCUT2D eigenvalue weighted by Gasteiger charge is 2.14. The molecule has 0 aliphatic rings. The van der Waals surface area contributed by atoms with E-state index in [2.05, 4.69) is 11.9 Å². The van der Waals surface area contributed by atoms with Crippen LogP contribution in [0.3, 0.4) is 0 Å². The van der Waals surface area contributed by atoms with Gasteiger partial charge >= 0.3 is 0 Å². The molecule has 0 aliphatic carbocycles. The van der Waals surface area contributed by atoms with Gasteiger partial charge in [0.2, 0.25) is 0 Å². The molecule has 0 aliphatic heterocycles. The van der Waals surface area contributed by atoms with E-state index in [1.165, 1.54) is 0 Å². The molecule has 0 saturated carbocycles. The summed E-state index contributed by atoms with van der Waals surface area (Å²) in [4.78, 5) is 15.0. The lowest BCUT2D eigenvalue weighted by atomic mass is 10.1. The van der Waals surface area contributed by atoms with Crippen molar-refractivity contribution < 1.29 is 9.53 Å². The number of nitrogens with one attached hydrogen (secondary N) is 1. The van der Waals surface area contributed by atoms with E-state index in [0.717, 1.165) is 28.6 Å². The fourth-order valence-corrected chi connectivity index (χ4v) is 1.89. The summed E-state index contributed by atoms with van der Waals surface area (Å²) < 4.78 is 5.69. The summed E-state index contributed by atoms with van der Waals surface area (Å²) in [5.74, 6) is 0.936. The van der Waals surface area contributed by atoms with E-state index in [4.69, 9.17) is 4.74 Å². The summed E-state index contributed by atoms with van der Waals surface area (Å²) >= 11 is 0. The molecular formula is C14H17NO2. The Labute approximate surface area is 101 Å². The normalized spacial score (nSPS) is 10.7. The van der Waals surface area contributed by atoms with Crippen LogP contribution < -0.4 is 4.74 Å². The molecular weight excluding hydrogens is 214 g/mol. The first-order valence-electron chi connectivity index (χ1n) is 6.04. The van der Waals surface area contributed by atoms with Gasteiger partial charge in [-0.3, -0.25) is 4.79 Å². The molecule has 1 aromatic carbocycles. The summed E-state index contributed by atoms with van der Waals surface area (Å²) in [7, 11) is 0. The third-order valence-corrected chi connectivity index (χ3v) is 2.75. The van der Waals surface area contributed by atoms with E-state index in [1.807, 2.05) is 25.1 Å². The van der Waals surface area contributed by atoms with E-state index in [-0.39, 0.29) is 5.78 Å². The quantitative estimate of drug-likeness (QED) is 0.799. The number of hydrogen-bond acceptors (Lipinski definition) is 2. The molecule has 3 nitrogen and oxygen atoms in total. The Morgan fingerprint density at radius 3 is 2.88 bits per heavy atom. The lowest BCUT2D eigenvalue weighted by Gasteiger charge is -2.07. The molecule has 0 spiro atoms. The second kappa shape index (κ2) is 5.04. The number of aromatic nitrogens is 1. The zero-order chi connectivity index (χ0) is 12.3. The minimum absolute atomic E-state index is 0.142. The van der Waals surface area contributed by atoms with Gasteiger partial charge in [0, 0.05) is 23.7 Å². The fraction of sp³-hybridized carbons (Fsp3) is 0.357. The van der Waals surface area contributed by atoms with E-state index in [0.29, 0.717) is 13.0 Å². The fourth-order valence-electron chi connectivity index (χ4n) is 1.89. The average molecular weight is 231 g/mol. The van der Waals surface area contributed by atoms with Crippen molar-refractivity contribution in [3.8, 4) is 5.75 Å². The first-order valence-corrected chi connectivity index (χ1v) is 6.04. The largest absolute Gasteiger partial charge is 0.493 e. The van der Waals surface area contributed by atoms with Crippen molar-refractivity contribution in [2.45, 2.75) is 26.7 Å². The predicted octanol–water partition coefficient (Wildman–Crippen LogP) is 3.55. The van der Waals surface area contributed by atoms with E-state index in [9.17, 15) is 4.79 Å². The molecule has 1 N–H and O–H groups in total. The molecule has 2 rings (SSSR count). The van der Waals surface area contributed by atoms with E-state index < -0.39 is 0 Å². The Hall–Kier alpha value is -1.77. The van der Waals surface area contributed by atoms with Crippen LogP contribution in [0.15, 0.2) is 24.4 Å². The maximum absolute atomic E-state index is 11.8. The highest BCUT2D eigenvalue weighted by atomic mass is 16.5. The van der Waals surface area contributed by atoms with E-state index >= 15 is 0 Å². The van der Waals surface area contributed by atoms with Crippen LogP contribution in [0.5, 0.6) is 5.75 Å². The van der Waals surface area contributed by atoms with Gasteiger partial charge in [-0.2, -0.15) is 0 Å². The molecule has 1 aromatic heterocycles. The van der Waals surface area contributed by atoms with Crippen molar-refractivity contribution in [3.05, 3.63) is 30.0 Å². The lowest BCUT2D eigenvalue weighted by Crippen LogP contribution is -1.99. The van der Waals surface area contributed by atoms with Crippen LogP contribution in [-0.4, -0.2) is 17.4 Å². The maximum atomic E-state index is 11.8. The predicted molar refractivity (Wildman–Crippen MR) is 68.7 cm³/mol. The van der Waals surface area contributed by atoms with Crippen LogP contribution in [0.4, 0.5) is 0 Å². The second-order valence-corrected chi connectivity index (χ2v) is 4.01. The van der Waals surface area contributed by atoms with Gasteiger partial charge in [0.1, 0.15) is 5.75 Å². The molecule has 2 aromatic rings. The summed E-state index contributed by atoms with van der Waals surface area (Å²) in [5, 5.41) is 0.910. The van der Waals surface area contributed by atoms with Crippen molar-refractivity contribution in [3.63, 3.8) is 0 Å². The number of carbonyl (C=O) groups excluding carboxylic acids is 1. The Morgan fingerprint density at radius 1 is 1.35 bits per heavy atom. The molecule has 17 heavy (non-hydrogen) atoms. The first-order chi connectivity index (χ1) is 8.27. The molecule has 0 unspecified atom stereocenters. The number of aromatic amines is 1. The van der Waals surface area contributed by atoms with Gasteiger partial charge in [-0.05, 0) is 18.6 Å². The molecule has 0 radical (unpaired) electrons. The minimum atomic E-state index is 0.142. The van der Waals surface area contributed by atoms with Crippen molar-refractivity contribution >= 4 is 16.7 Å². The minimum Gasteiger partial charge on any atom is -0.493 e. The summed E-state index contributed by atoms with van der Waals surface area (Å²) in [6.45, 7) is 4.61. The van der Waals surface area contributed by atoms with Crippen LogP contribution in [0.25, 0.3) is 10.9 Å². The molecule has 0 saturated heterocycles. The summed E-state index contributed by atoms with van der Waals surface area (Å²) in [5.41, 5.74) is 1.68. The molecule has 3 heteroatoms. The van der Waals surface area contributed by atoms with Crippen molar-refractivity contribution in [2.24, 2.45) is 0 Å². The smallest absolute Gasteiger partial charge is 0.164 e. The Balaban J connectivity index is 2.51. The number of ether oxygens (including phenoxy) is 1. The van der Waals surface area contributed by atoms with Gasteiger partial charge < -0.3 is 9.72 Å². The zero-order valence-corrected chi connectivity index (χ0v) is 10.2. The van der Waals surface area contributed by atoms with Crippen molar-refractivity contribution in [1.29, 1.82) is 0 Å². The number of H-pyrrole nitrogens is 1. The second-order valence-electron chi connectivity index (χ2n) is 4.01. The van der Waals surface area contributed by atoms with Gasteiger partial charge in [-0.15, -0.1) is 0 Å². The van der Waals surface area contributed by atoms with Gasteiger partial charge in [0.15, 0.2) is 5.78 Å². The number of hydrogen-bond donors (Lipinski definition) is 1. The van der Waals surface area contributed by atoms with E-state index in [1.54, 1.807) is 6.20 Å². The highest BCUT2D eigenvalue weighted by molar-refractivity contribution is 6.09. The monoisotopic (exact) mass is 231 g/mol. The van der Waals surface area contributed by atoms with Crippen LogP contribution >= 0.6 is 0 Å². The number of fused-ring (bicyclic) bond motifs is 1. The molecule has 1 heterocycles. The van der Waals surface area contributed by atoms with Crippen LogP contribution in [-0.2, 0) is 0 Å². The third kappa shape index (κ3) is 2.18. The first kappa shape index (κ1) is 11.7. The number of ketones is 1. The topological polar surface area (TPSA) is 42.1 Å². The van der Waals surface area contributed by atoms with Gasteiger partial charge in [0.25, 0.3) is 0 Å². The van der Waals surface area contributed by atoms with Gasteiger partial charge in [-0.25, -0.2) is 0 Å². The number of carbonyl (C=O) groups is 1. The summed E-state index contributed by atoms with van der Waals surface area (Å²) in [6.07, 6.45) is 3.24. The highest BCUT2D eigenvalue weighted by Crippen LogP contribution is 2.29. The Morgan fingerprint density at radius 2 is 2.18 bits per heavy atom. The zero-order valence-electron chi connectivity index (χ0n) is 10.2. The van der Waals surface area contributed by atoms with Gasteiger partial charge in [0.05, 0.1) is 12.0 Å². The van der Waals surface area contributed by atoms with Gasteiger partial charge in [-0.1, -0.05) is 19.9 Å². The molecule has 90 valence electrons. The third-order valence-electron chi connectivity index (χ3n) is 2.75. The van der Waals surface area contributed by atoms with Crippen molar-refractivity contribution in [2.75, 3.05) is 6.61 Å². The Kier molecular flexibility index (Phi) is 3.47. The van der Waals surface area contributed by atoms with Crippen LogP contribution in [0.1, 0.15) is 37.0 Å². The number of benzene rings is 1. The standard InChI is InChI=1S/C14H17NO2/c1-3-8-17-13-7-5-6-11-14(13)10(9-15-11)12(16)4-2/h5-7,9,15H,3-4,8H2,1-2H3. The maximum Gasteiger partial charge on any atom is 0.164 e.